The van der Waals surface area contributed by atoms with Crippen molar-refractivity contribution in [2.75, 3.05) is 24.5 Å². The molecule has 1 aromatic heterocycles. The van der Waals surface area contributed by atoms with Gasteiger partial charge in [-0.25, -0.2) is 4.39 Å². The zero-order valence-corrected chi connectivity index (χ0v) is 11.7. The highest BCUT2D eigenvalue weighted by Gasteiger charge is 2.03. The van der Waals surface area contributed by atoms with Gasteiger partial charge in [0.05, 0.1) is 5.69 Å². The van der Waals surface area contributed by atoms with Gasteiger partial charge in [-0.3, -0.25) is 4.98 Å². The normalized spacial score (nSPS) is 10.5. The van der Waals surface area contributed by atoms with Crippen molar-refractivity contribution >= 4 is 5.69 Å². The van der Waals surface area contributed by atoms with Crippen molar-refractivity contribution < 1.29 is 4.39 Å². The zero-order valence-electron chi connectivity index (χ0n) is 11.7. The lowest BCUT2D eigenvalue weighted by Crippen LogP contribution is -2.31. The monoisotopic (exact) mass is 273 g/mol. The maximum Gasteiger partial charge on any atom is 0.123 e. The number of hydrogen-bond donors (Lipinski definition) is 1. The van der Waals surface area contributed by atoms with Crippen molar-refractivity contribution in [3.63, 3.8) is 0 Å². The van der Waals surface area contributed by atoms with Crippen LogP contribution < -0.4 is 10.2 Å². The Morgan fingerprint density at radius 1 is 1.15 bits per heavy atom. The first kappa shape index (κ1) is 14.5. The number of likely N-dealkylation sites (N-methyl/N-ethyl adjacent to an activating group) is 1. The first-order chi connectivity index (χ1) is 9.79. The van der Waals surface area contributed by atoms with Gasteiger partial charge in [0.25, 0.3) is 0 Å². The number of pyridine rings is 1. The molecule has 4 heteroatoms. The molecule has 0 radical (unpaired) electrons. The number of hydrogen-bond acceptors (Lipinski definition) is 3. The van der Waals surface area contributed by atoms with Gasteiger partial charge in [-0.15, -0.1) is 0 Å². The average Bonchev–Trinajstić information content (AvgIpc) is 2.50. The Morgan fingerprint density at radius 3 is 2.60 bits per heavy atom. The minimum absolute atomic E-state index is 0.196. The number of anilines is 1. The molecule has 20 heavy (non-hydrogen) atoms. The van der Waals surface area contributed by atoms with E-state index in [-0.39, 0.29) is 5.82 Å². The van der Waals surface area contributed by atoms with Crippen molar-refractivity contribution in [3.8, 4) is 0 Å². The molecule has 0 aliphatic heterocycles. The molecule has 0 fully saturated rings. The van der Waals surface area contributed by atoms with E-state index in [4.69, 9.17) is 0 Å². The fourth-order valence-electron chi connectivity index (χ4n) is 2.05. The van der Waals surface area contributed by atoms with Crippen LogP contribution in [0.4, 0.5) is 10.1 Å². The molecule has 0 atom stereocenters. The Kier molecular flexibility index (Phi) is 5.50. The molecule has 0 aliphatic carbocycles. The molecular weight excluding hydrogens is 253 g/mol. The summed E-state index contributed by atoms with van der Waals surface area (Å²) in [5, 5.41) is 3.37. The topological polar surface area (TPSA) is 28.2 Å². The molecule has 1 aromatic carbocycles. The number of nitrogens with zero attached hydrogens (tertiary/aromatic N) is 2. The minimum atomic E-state index is -0.196. The van der Waals surface area contributed by atoms with Crippen LogP contribution in [0.15, 0.2) is 48.7 Å². The van der Waals surface area contributed by atoms with Gasteiger partial charge < -0.3 is 10.2 Å². The van der Waals surface area contributed by atoms with Crippen molar-refractivity contribution in [1.29, 1.82) is 0 Å². The third kappa shape index (κ3) is 4.31. The van der Waals surface area contributed by atoms with Gasteiger partial charge in [0.1, 0.15) is 5.82 Å². The van der Waals surface area contributed by atoms with E-state index in [1.54, 1.807) is 6.20 Å². The first-order valence-corrected chi connectivity index (χ1v) is 6.90. The van der Waals surface area contributed by atoms with Crippen LogP contribution in [0.25, 0.3) is 0 Å². The first-order valence-electron chi connectivity index (χ1n) is 6.90. The molecule has 106 valence electrons. The van der Waals surface area contributed by atoms with Crippen LogP contribution in [-0.2, 0) is 6.54 Å². The summed E-state index contributed by atoms with van der Waals surface area (Å²) < 4.78 is 12.9. The summed E-state index contributed by atoms with van der Waals surface area (Å²) in [7, 11) is 0. The molecule has 1 heterocycles. The SMILES string of the molecule is CCN(CCNCc1ccccn1)c1ccc(F)cc1. The number of halogens is 1. The lowest BCUT2D eigenvalue weighted by Gasteiger charge is -2.23. The summed E-state index contributed by atoms with van der Waals surface area (Å²) in [4.78, 5) is 6.48. The van der Waals surface area contributed by atoms with E-state index in [1.165, 1.54) is 12.1 Å². The number of aromatic nitrogens is 1. The Morgan fingerprint density at radius 2 is 1.95 bits per heavy atom. The summed E-state index contributed by atoms with van der Waals surface area (Å²) in [6, 6.07) is 12.5. The molecule has 0 bridgehead atoms. The van der Waals surface area contributed by atoms with Gasteiger partial charge in [-0.1, -0.05) is 6.07 Å². The second-order valence-corrected chi connectivity index (χ2v) is 4.55. The van der Waals surface area contributed by atoms with E-state index < -0.39 is 0 Å². The van der Waals surface area contributed by atoms with Crippen molar-refractivity contribution in [2.45, 2.75) is 13.5 Å². The van der Waals surface area contributed by atoms with Gasteiger partial charge in [0.15, 0.2) is 0 Å². The van der Waals surface area contributed by atoms with E-state index in [0.29, 0.717) is 0 Å². The van der Waals surface area contributed by atoms with Crippen molar-refractivity contribution in [3.05, 3.63) is 60.2 Å². The van der Waals surface area contributed by atoms with Crippen molar-refractivity contribution in [1.82, 2.24) is 10.3 Å². The standard InChI is InChI=1S/C16H20FN3/c1-2-20(16-8-6-14(17)7-9-16)12-11-18-13-15-5-3-4-10-19-15/h3-10,18H,2,11-13H2,1H3. The molecule has 1 N–H and O–H groups in total. The van der Waals surface area contributed by atoms with Gasteiger partial charge in [0.2, 0.25) is 0 Å². The highest BCUT2D eigenvalue weighted by molar-refractivity contribution is 5.46. The summed E-state index contributed by atoms with van der Waals surface area (Å²) >= 11 is 0. The second-order valence-electron chi connectivity index (χ2n) is 4.55. The van der Waals surface area contributed by atoms with Crippen LogP contribution in [0.5, 0.6) is 0 Å². The molecule has 2 aromatic rings. The maximum atomic E-state index is 12.9. The highest BCUT2D eigenvalue weighted by Crippen LogP contribution is 2.13. The smallest absolute Gasteiger partial charge is 0.123 e. The van der Waals surface area contributed by atoms with Crippen LogP contribution in [0.1, 0.15) is 12.6 Å². The maximum absolute atomic E-state index is 12.9. The second kappa shape index (κ2) is 7.60. The Hall–Kier alpha value is -1.94. The van der Waals surface area contributed by atoms with Crippen LogP contribution in [0, 0.1) is 5.82 Å². The molecule has 0 unspecified atom stereocenters. The largest absolute Gasteiger partial charge is 0.371 e. The minimum Gasteiger partial charge on any atom is -0.371 e. The number of rotatable bonds is 7. The molecule has 3 nitrogen and oxygen atoms in total. The Bertz CT molecular complexity index is 499. The van der Waals surface area contributed by atoms with E-state index in [0.717, 1.165) is 37.6 Å². The van der Waals surface area contributed by atoms with Gasteiger partial charge in [-0.05, 0) is 43.3 Å². The molecule has 0 saturated carbocycles. The van der Waals surface area contributed by atoms with E-state index >= 15 is 0 Å². The van der Waals surface area contributed by atoms with Gasteiger partial charge in [-0.2, -0.15) is 0 Å². The fraction of sp³-hybridized carbons (Fsp3) is 0.312. The number of benzene rings is 1. The summed E-state index contributed by atoms with van der Waals surface area (Å²) in [5.41, 5.74) is 2.09. The molecular formula is C16H20FN3. The summed E-state index contributed by atoms with van der Waals surface area (Å²) in [5.74, 6) is -0.196. The Balaban J connectivity index is 1.78. The van der Waals surface area contributed by atoms with Crippen LogP contribution in [0.2, 0.25) is 0 Å². The molecule has 0 saturated heterocycles. The molecule has 0 spiro atoms. The average molecular weight is 273 g/mol. The van der Waals surface area contributed by atoms with Crippen LogP contribution in [0.3, 0.4) is 0 Å². The predicted molar refractivity (Wildman–Crippen MR) is 80.2 cm³/mol. The molecule has 2 rings (SSSR count). The van der Waals surface area contributed by atoms with E-state index in [2.05, 4.69) is 22.1 Å². The Labute approximate surface area is 119 Å². The quantitative estimate of drug-likeness (QED) is 0.786. The highest BCUT2D eigenvalue weighted by atomic mass is 19.1. The van der Waals surface area contributed by atoms with Crippen LogP contribution in [-0.4, -0.2) is 24.6 Å². The van der Waals surface area contributed by atoms with E-state index in [1.807, 2.05) is 30.3 Å². The van der Waals surface area contributed by atoms with E-state index in [9.17, 15) is 4.39 Å². The number of nitrogens with one attached hydrogen (secondary N) is 1. The zero-order chi connectivity index (χ0) is 14.2. The predicted octanol–water partition coefficient (Wildman–Crippen LogP) is 2.84. The lowest BCUT2D eigenvalue weighted by molar-refractivity contribution is 0.626. The van der Waals surface area contributed by atoms with Gasteiger partial charge in [0, 0.05) is 38.1 Å². The third-order valence-electron chi connectivity index (χ3n) is 3.16. The summed E-state index contributed by atoms with van der Waals surface area (Å²) in [6.45, 7) is 5.51. The summed E-state index contributed by atoms with van der Waals surface area (Å²) in [6.07, 6.45) is 1.80. The van der Waals surface area contributed by atoms with Crippen LogP contribution >= 0.6 is 0 Å². The van der Waals surface area contributed by atoms with Crippen molar-refractivity contribution in [2.24, 2.45) is 0 Å². The fourth-order valence-corrected chi connectivity index (χ4v) is 2.05. The molecule has 0 aliphatic rings. The van der Waals surface area contributed by atoms with Gasteiger partial charge >= 0.3 is 0 Å². The molecule has 0 amide bonds. The third-order valence-corrected chi connectivity index (χ3v) is 3.16. The lowest BCUT2D eigenvalue weighted by atomic mass is 10.2.